The van der Waals surface area contributed by atoms with Crippen LogP contribution in [0.1, 0.15) is 45.4 Å². The third-order valence-corrected chi connectivity index (χ3v) is 4.04. The van der Waals surface area contributed by atoms with Gasteiger partial charge in [-0.1, -0.05) is 38.3 Å². The molecule has 0 bridgehead atoms. The minimum absolute atomic E-state index is 0.284. The van der Waals surface area contributed by atoms with Gasteiger partial charge < -0.3 is 0 Å². The number of allylic oxidation sites excluding steroid dienone is 1. The van der Waals surface area contributed by atoms with Crippen LogP contribution in [0.15, 0.2) is 12.2 Å². The Hall–Kier alpha value is -0.560. The van der Waals surface area contributed by atoms with Gasteiger partial charge in [0.1, 0.15) is 5.60 Å². The molecule has 0 aliphatic heterocycles. The molecule has 0 N–H and O–H groups in total. The molecule has 1 rings (SSSR count). The van der Waals surface area contributed by atoms with Crippen LogP contribution in [0, 0.1) is 0 Å². The Morgan fingerprint density at radius 1 is 1.33 bits per heavy atom. The Bertz CT molecular complexity index is 400. The van der Waals surface area contributed by atoms with E-state index in [1.807, 2.05) is 6.92 Å². The average molecular weight is 286 g/mol. The third kappa shape index (κ3) is 3.71. The molecule has 0 aromatic rings. The predicted octanol–water partition coefficient (Wildman–Crippen LogP) is 3.52. The molecule has 1 atom stereocenters. The Morgan fingerprint density at radius 3 is 2.44 bits per heavy atom. The lowest BCUT2D eigenvalue weighted by atomic mass is 9.96. The molecule has 18 heavy (non-hydrogen) atoms. The van der Waals surface area contributed by atoms with Gasteiger partial charge in [0.2, 0.25) is 0 Å². The number of rotatable bonds is 6. The molecule has 0 fully saturated rings. The van der Waals surface area contributed by atoms with Gasteiger partial charge in [-0.2, -0.15) is 21.6 Å². The van der Waals surface area contributed by atoms with Crippen molar-refractivity contribution in [2.45, 2.75) is 56.6 Å². The number of halogens is 3. The number of hydrogen-bond donors (Lipinski definition) is 0. The van der Waals surface area contributed by atoms with Crippen molar-refractivity contribution >= 4 is 10.1 Å². The minimum atomic E-state index is -5.53. The van der Waals surface area contributed by atoms with E-state index in [2.05, 4.69) is 4.18 Å². The first-order chi connectivity index (χ1) is 8.22. The molecule has 0 saturated heterocycles. The maximum atomic E-state index is 12.3. The van der Waals surface area contributed by atoms with Crippen LogP contribution >= 0.6 is 0 Å². The fourth-order valence-corrected chi connectivity index (χ4v) is 2.72. The van der Waals surface area contributed by atoms with E-state index in [1.54, 1.807) is 6.08 Å². The summed E-state index contributed by atoms with van der Waals surface area (Å²) in [4.78, 5) is 0. The SMILES string of the molecule is CCCCCC1(OS(=O)(=O)C(F)(F)F)C=CCC1. The van der Waals surface area contributed by atoms with E-state index in [1.165, 1.54) is 6.08 Å². The maximum absolute atomic E-state index is 12.3. The fraction of sp³-hybridized carbons (Fsp3) is 0.818. The van der Waals surface area contributed by atoms with Gasteiger partial charge in [0, 0.05) is 0 Å². The van der Waals surface area contributed by atoms with Crippen molar-refractivity contribution in [2.75, 3.05) is 0 Å². The van der Waals surface area contributed by atoms with E-state index in [0.717, 1.165) is 12.8 Å². The van der Waals surface area contributed by atoms with Gasteiger partial charge in [0.25, 0.3) is 0 Å². The summed E-state index contributed by atoms with van der Waals surface area (Å²) in [6.45, 7) is 1.96. The first-order valence-corrected chi connectivity index (χ1v) is 7.33. The molecule has 1 unspecified atom stereocenters. The highest BCUT2D eigenvalue weighted by molar-refractivity contribution is 7.87. The number of hydrogen-bond acceptors (Lipinski definition) is 3. The van der Waals surface area contributed by atoms with Crippen molar-refractivity contribution in [2.24, 2.45) is 0 Å². The van der Waals surface area contributed by atoms with Gasteiger partial charge in [-0.25, -0.2) is 0 Å². The number of unbranched alkanes of at least 4 members (excludes halogenated alkanes) is 2. The zero-order chi connectivity index (χ0) is 13.9. The summed E-state index contributed by atoms with van der Waals surface area (Å²) in [5, 5.41) is 0. The molecular weight excluding hydrogens is 269 g/mol. The van der Waals surface area contributed by atoms with Crippen molar-refractivity contribution < 1.29 is 25.8 Å². The molecule has 1 aliphatic carbocycles. The van der Waals surface area contributed by atoms with E-state index in [0.29, 0.717) is 19.3 Å². The summed E-state index contributed by atoms with van der Waals surface area (Å²) >= 11 is 0. The number of alkyl halides is 3. The van der Waals surface area contributed by atoms with Crippen molar-refractivity contribution in [3.05, 3.63) is 12.2 Å². The highest BCUT2D eigenvalue weighted by Gasteiger charge is 2.51. The van der Waals surface area contributed by atoms with Gasteiger partial charge in [0.15, 0.2) is 0 Å². The molecule has 0 aromatic carbocycles. The molecule has 0 radical (unpaired) electrons. The van der Waals surface area contributed by atoms with Crippen LogP contribution in [0.4, 0.5) is 13.2 Å². The van der Waals surface area contributed by atoms with E-state index >= 15 is 0 Å². The lowest BCUT2D eigenvalue weighted by molar-refractivity contribution is -0.0622. The van der Waals surface area contributed by atoms with Crippen LogP contribution in [-0.4, -0.2) is 19.5 Å². The maximum Gasteiger partial charge on any atom is 0.523 e. The smallest absolute Gasteiger partial charge is 0.252 e. The van der Waals surface area contributed by atoms with Gasteiger partial charge in [-0.05, 0) is 19.3 Å². The Kier molecular flexibility index (Phi) is 4.83. The van der Waals surface area contributed by atoms with Gasteiger partial charge >= 0.3 is 15.6 Å². The highest BCUT2D eigenvalue weighted by atomic mass is 32.2. The van der Waals surface area contributed by atoms with Crippen molar-refractivity contribution in [1.82, 2.24) is 0 Å². The Balaban J connectivity index is 2.78. The molecular formula is C11H17F3O3S. The van der Waals surface area contributed by atoms with Crippen molar-refractivity contribution in [1.29, 1.82) is 0 Å². The second kappa shape index (κ2) is 5.61. The minimum Gasteiger partial charge on any atom is -0.252 e. The van der Waals surface area contributed by atoms with Gasteiger partial charge in [0.05, 0.1) is 0 Å². The average Bonchev–Trinajstić information content (AvgIpc) is 2.64. The van der Waals surface area contributed by atoms with Crippen molar-refractivity contribution in [3.63, 3.8) is 0 Å². The fourth-order valence-electron chi connectivity index (χ4n) is 1.97. The van der Waals surface area contributed by atoms with Crippen molar-refractivity contribution in [3.8, 4) is 0 Å². The lowest BCUT2D eigenvalue weighted by Crippen LogP contribution is -2.37. The predicted molar refractivity (Wildman–Crippen MR) is 61.3 cm³/mol. The summed E-state index contributed by atoms with van der Waals surface area (Å²) in [6.07, 6.45) is 6.63. The molecule has 0 saturated carbocycles. The van der Waals surface area contributed by atoms with Crippen LogP contribution in [0.3, 0.4) is 0 Å². The Labute approximate surface area is 105 Å². The summed E-state index contributed by atoms with van der Waals surface area (Å²) in [5.41, 5.74) is -6.66. The molecule has 3 nitrogen and oxygen atoms in total. The second-order valence-corrected chi connectivity index (χ2v) is 5.98. The second-order valence-electron chi connectivity index (χ2n) is 4.45. The third-order valence-electron chi connectivity index (χ3n) is 2.92. The molecule has 1 aliphatic rings. The van der Waals surface area contributed by atoms with Crippen LogP contribution in [0.25, 0.3) is 0 Å². The zero-order valence-electron chi connectivity index (χ0n) is 10.2. The van der Waals surface area contributed by atoms with Gasteiger partial charge in [-0.3, -0.25) is 4.18 Å². The van der Waals surface area contributed by atoms with E-state index in [-0.39, 0.29) is 6.42 Å². The Morgan fingerprint density at radius 2 is 2.00 bits per heavy atom. The molecule has 0 heterocycles. The van der Waals surface area contributed by atoms with Gasteiger partial charge in [-0.15, -0.1) is 0 Å². The molecule has 0 amide bonds. The topological polar surface area (TPSA) is 43.4 Å². The highest BCUT2D eigenvalue weighted by Crippen LogP contribution is 2.37. The first kappa shape index (κ1) is 15.5. The quantitative estimate of drug-likeness (QED) is 0.325. The first-order valence-electron chi connectivity index (χ1n) is 5.92. The van der Waals surface area contributed by atoms with Crippen LogP contribution < -0.4 is 0 Å². The largest absolute Gasteiger partial charge is 0.523 e. The molecule has 0 spiro atoms. The van der Waals surface area contributed by atoms with E-state index in [4.69, 9.17) is 0 Å². The molecule has 7 heteroatoms. The zero-order valence-corrected chi connectivity index (χ0v) is 11.0. The van der Waals surface area contributed by atoms with E-state index in [9.17, 15) is 21.6 Å². The summed E-state index contributed by atoms with van der Waals surface area (Å²) in [7, 11) is -5.53. The summed E-state index contributed by atoms with van der Waals surface area (Å²) in [5.74, 6) is 0. The monoisotopic (exact) mass is 286 g/mol. The lowest BCUT2D eigenvalue weighted by Gasteiger charge is -2.27. The summed E-state index contributed by atoms with van der Waals surface area (Å²) in [6, 6.07) is 0. The standard InChI is InChI=1S/C11H17F3O3S/c1-2-3-4-7-10(8-5-6-9-10)17-18(15,16)11(12,13)14/h5,8H,2-4,6-7,9H2,1H3. The normalized spacial score (nSPS) is 24.7. The summed E-state index contributed by atoms with van der Waals surface area (Å²) < 4.78 is 63.5. The van der Waals surface area contributed by atoms with E-state index < -0.39 is 21.2 Å². The van der Waals surface area contributed by atoms with Crippen LogP contribution in [0.5, 0.6) is 0 Å². The molecule has 106 valence electrons. The van der Waals surface area contributed by atoms with Crippen LogP contribution in [-0.2, 0) is 14.3 Å². The molecule has 0 aromatic heterocycles. The van der Waals surface area contributed by atoms with Crippen LogP contribution in [0.2, 0.25) is 0 Å².